The third-order valence-corrected chi connectivity index (χ3v) is 2.83. The molecule has 15 heavy (non-hydrogen) atoms. The van der Waals surface area contributed by atoms with Crippen LogP contribution in [0.3, 0.4) is 0 Å². The first kappa shape index (κ1) is 12.9. The molecule has 0 amide bonds. The minimum Gasteiger partial charge on any atom is -0.394 e. The molecule has 5 heteroatoms. The van der Waals surface area contributed by atoms with Crippen LogP contribution in [-0.2, 0) is 9.47 Å². The maximum atomic E-state index is 9.89. The lowest BCUT2D eigenvalue weighted by atomic mass is 9.89. The van der Waals surface area contributed by atoms with E-state index in [9.17, 15) is 10.2 Å². The largest absolute Gasteiger partial charge is 0.394 e. The SMILES string of the molecule is COC1C(O)[C@H](C(C)C)OC(CO)[C@H]1O. The van der Waals surface area contributed by atoms with Gasteiger partial charge in [-0.2, -0.15) is 0 Å². The molecule has 1 aliphatic heterocycles. The molecule has 0 saturated carbocycles. The molecule has 1 heterocycles. The summed E-state index contributed by atoms with van der Waals surface area (Å²) in [7, 11) is 1.42. The van der Waals surface area contributed by atoms with Crippen molar-refractivity contribution in [3.8, 4) is 0 Å². The lowest BCUT2D eigenvalue weighted by molar-refractivity contribution is -0.244. The minimum absolute atomic E-state index is 0.0965. The molecule has 3 N–H and O–H groups in total. The molecule has 5 nitrogen and oxygen atoms in total. The van der Waals surface area contributed by atoms with Crippen molar-refractivity contribution in [1.29, 1.82) is 0 Å². The molecule has 1 saturated heterocycles. The zero-order chi connectivity index (χ0) is 11.6. The average Bonchev–Trinajstić information content (AvgIpc) is 2.18. The highest BCUT2D eigenvalue weighted by Gasteiger charge is 2.45. The number of aliphatic hydroxyl groups is 3. The number of rotatable bonds is 3. The molecule has 5 atom stereocenters. The van der Waals surface area contributed by atoms with Crippen molar-refractivity contribution in [1.82, 2.24) is 0 Å². The summed E-state index contributed by atoms with van der Waals surface area (Å²) in [6.45, 7) is 3.54. The lowest BCUT2D eigenvalue weighted by Crippen LogP contribution is -2.60. The lowest BCUT2D eigenvalue weighted by Gasteiger charge is -2.43. The van der Waals surface area contributed by atoms with Crippen LogP contribution < -0.4 is 0 Å². The quantitative estimate of drug-likeness (QED) is 0.577. The summed E-state index contributed by atoms with van der Waals surface area (Å²) >= 11 is 0. The van der Waals surface area contributed by atoms with Crippen molar-refractivity contribution >= 4 is 0 Å². The van der Waals surface area contributed by atoms with Crippen LogP contribution in [0.25, 0.3) is 0 Å². The highest BCUT2D eigenvalue weighted by Crippen LogP contribution is 2.27. The Morgan fingerprint density at radius 1 is 1.27 bits per heavy atom. The molecule has 3 unspecified atom stereocenters. The van der Waals surface area contributed by atoms with Crippen LogP contribution in [0, 0.1) is 5.92 Å². The number of aliphatic hydroxyl groups excluding tert-OH is 3. The summed E-state index contributed by atoms with van der Waals surface area (Å²) in [5.41, 5.74) is 0. The Kier molecular flexibility index (Phi) is 4.48. The maximum Gasteiger partial charge on any atom is 0.114 e. The second-order valence-electron chi connectivity index (χ2n) is 4.25. The molecular weight excluding hydrogens is 200 g/mol. The van der Waals surface area contributed by atoms with Gasteiger partial charge >= 0.3 is 0 Å². The van der Waals surface area contributed by atoms with E-state index in [1.54, 1.807) is 0 Å². The Hall–Kier alpha value is -0.200. The van der Waals surface area contributed by atoms with Crippen LogP contribution >= 0.6 is 0 Å². The van der Waals surface area contributed by atoms with Gasteiger partial charge in [-0.05, 0) is 5.92 Å². The van der Waals surface area contributed by atoms with Crippen LogP contribution in [0.2, 0.25) is 0 Å². The molecule has 0 radical (unpaired) electrons. The highest BCUT2D eigenvalue weighted by atomic mass is 16.6. The standard InChI is InChI=1S/C10H20O5/c1-5(2)9-8(13)10(14-3)7(12)6(4-11)15-9/h5-13H,4H2,1-3H3/t6?,7-,8?,9+,10?/m1/s1. The van der Waals surface area contributed by atoms with Gasteiger partial charge in [0.15, 0.2) is 0 Å². The molecule has 0 bridgehead atoms. The van der Waals surface area contributed by atoms with Crippen LogP contribution in [0.4, 0.5) is 0 Å². The van der Waals surface area contributed by atoms with E-state index in [0.717, 1.165) is 0 Å². The van der Waals surface area contributed by atoms with Crippen molar-refractivity contribution in [3.05, 3.63) is 0 Å². The van der Waals surface area contributed by atoms with E-state index in [-0.39, 0.29) is 12.5 Å². The third-order valence-electron chi connectivity index (χ3n) is 2.83. The first-order chi connectivity index (χ1) is 7.02. The summed E-state index contributed by atoms with van der Waals surface area (Å²) in [5.74, 6) is 0.0965. The highest BCUT2D eigenvalue weighted by molar-refractivity contribution is 4.93. The van der Waals surface area contributed by atoms with Gasteiger partial charge in [-0.3, -0.25) is 0 Å². The molecule has 0 aromatic heterocycles. The van der Waals surface area contributed by atoms with E-state index >= 15 is 0 Å². The second-order valence-corrected chi connectivity index (χ2v) is 4.25. The topological polar surface area (TPSA) is 79.2 Å². The van der Waals surface area contributed by atoms with E-state index < -0.39 is 30.5 Å². The van der Waals surface area contributed by atoms with Gasteiger partial charge in [0.05, 0.1) is 12.7 Å². The summed E-state index contributed by atoms with van der Waals surface area (Å²) in [6, 6.07) is 0. The van der Waals surface area contributed by atoms with Crippen molar-refractivity contribution in [2.75, 3.05) is 13.7 Å². The van der Waals surface area contributed by atoms with Gasteiger partial charge < -0.3 is 24.8 Å². The third kappa shape index (κ3) is 2.49. The fourth-order valence-electron chi connectivity index (χ4n) is 1.94. The molecule has 0 aromatic rings. The van der Waals surface area contributed by atoms with E-state index in [4.69, 9.17) is 14.6 Å². The first-order valence-corrected chi connectivity index (χ1v) is 5.18. The predicted octanol–water partition coefficient (Wildman–Crippen LogP) is -0.861. The zero-order valence-corrected chi connectivity index (χ0v) is 9.33. The molecule has 90 valence electrons. The number of hydrogen-bond donors (Lipinski definition) is 3. The van der Waals surface area contributed by atoms with E-state index in [1.165, 1.54) is 7.11 Å². The van der Waals surface area contributed by atoms with Crippen molar-refractivity contribution in [3.63, 3.8) is 0 Å². The molecule has 1 fully saturated rings. The summed E-state index contributed by atoms with van der Waals surface area (Å²) in [5, 5.41) is 28.7. The Balaban J connectivity index is 2.79. The van der Waals surface area contributed by atoms with Crippen LogP contribution in [0.5, 0.6) is 0 Å². The monoisotopic (exact) mass is 220 g/mol. The number of ether oxygens (including phenoxy) is 2. The van der Waals surface area contributed by atoms with Gasteiger partial charge in [0, 0.05) is 7.11 Å². The Morgan fingerprint density at radius 3 is 2.27 bits per heavy atom. The fraction of sp³-hybridized carbons (Fsp3) is 1.00. The fourth-order valence-corrected chi connectivity index (χ4v) is 1.94. The summed E-state index contributed by atoms with van der Waals surface area (Å²) < 4.78 is 10.5. The average molecular weight is 220 g/mol. The first-order valence-electron chi connectivity index (χ1n) is 5.18. The molecular formula is C10H20O5. The maximum absolute atomic E-state index is 9.89. The Morgan fingerprint density at radius 2 is 1.87 bits per heavy atom. The van der Waals surface area contributed by atoms with E-state index in [2.05, 4.69) is 0 Å². The van der Waals surface area contributed by atoms with Gasteiger partial charge in [0.2, 0.25) is 0 Å². The second kappa shape index (κ2) is 5.23. The molecule has 1 rings (SSSR count). The predicted molar refractivity (Wildman–Crippen MR) is 53.4 cm³/mol. The van der Waals surface area contributed by atoms with Crippen molar-refractivity contribution in [2.24, 2.45) is 5.92 Å². The zero-order valence-electron chi connectivity index (χ0n) is 9.33. The van der Waals surface area contributed by atoms with Crippen molar-refractivity contribution in [2.45, 2.75) is 44.4 Å². The minimum atomic E-state index is -0.995. The normalized spacial score (nSPS) is 42.2. The van der Waals surface area contributed by atoms with Crippen LogP contribution in [0.1, 0.15) is 13.8 Å². The van der Waals surface area contributed by atoms with Gasteiger partial charge in [0.1, 0.15) is 24.4 Å². The van der Waals surface area contributed by atoms with Gasteiger partial charge in [-0.1, -0.05) is 13.8 Å². The van der Waals surface area contributed by atoms with Gasteiger partial charge in [0.25, 0.3) is 0 Å². The smallest absolute Gasteiger partial charge is 0.114 e. The summed E-state index contributed by atoms with van der Waals surface area (Å²) in [6.07, 6.45) is -3.68. The number of hydrogen-bond acceptors (Lipinski definition) is 5. The Bertz CT molecular complexity index is 194. The molecule has 1 aliphatic rings. The molecule has 0 spiro atoms. The molecule has 0 aromatic carbocycles. The number of methoxy groups -OCH3 is 1. The van der Waals surface area contributed by atoms with Crippen LogP contribution in [-0.4, -0.2) is 59.6 Å². The van der Waals surface area contributed by atoms with Crippen molar-refractivity contribution < 1.29 is 24.8 Å². The molecule has 0 aliphatic carbocycles. The van der Waals surface area contributed by atoms with Gasteiger partial charge in [-0.25, -0.2) is 0 Å². The van der Waals surface area contributed by atoms with E-state index in [0.29, 0.717) is 0 Å². The van der Waals surface area contributed by atoms with E-state index in [1.807, 2.05) is 13.8 Å². The summed E-state index contributed by atoms with van der Waals surface area (Å²) in [4.78, 5) is 0. The van der Waals surface area contributed by atoms with Crippen LogP contribution in [0.15, 0.2) is 0 Å². The Labute approximate surface area is 89.6 Å². The van der Waals surface area contributed by atoms with Gasteiger partial charge in [-0.15, -0.1) is 0 Å².